The van der Waals surface area contributed by atoms with Crippen LogP contribution in [0.2, 0.25) is 0 Å². The van der Waals surface area contributed by atoms with Gasteiger partial charge in [0.15, 0.2) is 0 Å². The molecule has 0 unspecified atom stereocenters. The number of nitrogens with one attached hydrogen (secondary N) is 1. The maximum atomic E-state index is 12.3. The zero-order valence-corrected chi connectivity index (χ0v) is 12.9. The van der Waals surface area contributed by atoms with Crippen LogP contribution >= 0.6 is 0 Å². The maximum absolute atomic E-state index is 12.3. The lowest BCUT2D eigenvalue weighted by Crippen LogP contribution is -2.35. The van der Waals surface area contributed by atoms with E-state index in [0.29, 0.717) is 19.8 Å². The number of halogens is 2. The van der Waals surface area contributed by atoms with Crippen LogP contribution in [0.4, 0.5) is 14.5 Å². The van der Waals surface area contributed by atoms with Gasteiger partial charge in [-0.2, -0.15) is 8.78 Å². The molecule has 0 radical (unpaired) electrons. The van der Waals surface area contributed by atoms with Crippen molar-refractivity contribution in [1.29, 1.82) is 0 Å². The zero-order valence-electron chi connectivity index (χ0n) is 12.9. The van der Waals surface area contributed by atoms with Crippen molar-refractivity contribution in [3.63, 3.8) is 0 Å². The Balaban J connectivity index is 0.00000106. The molecule has 0 aliphatic carbocycles. The summed E-state index contributed by atoms with van der Waals surface area (Å²) in [5.74, 6) is 0.185. The van der Waals surface area contributed by atoms with Gasteiger partial charge in [0.05, 0.1) is 13.2 Å². The number of rotatable bonds is 5. The highest BCUT2D eigenvalue weighted by Gasteiger charge is 2.13. The van der Waals surface area contributed by atoms with E-state index in [2.05, 4.69) is 15.0 Å². The summed E-state index contributed by atoms with van der Waals surface area (Å²) in [6.45, 7) is 5.05. The van der Waals surface area contributed by atoms with Gasteiger partial charge < -0.3 is 14.8 Å². The van der Waals surface area contributed by atoms with E-state index in [-0.39, 0.29) is 5.75 Å². The van der Waals surface area contributed by atoms with E-state index in [1.165, 1.54) is 0 Å². The molecule has 6 heteroatoms. The third-order valence-electron chi connectivity index (χ3n) is 2.99. The van der Waals surface area contributed by atoms with Crippen LogP contribution in [0, 0.1) is 0 Å². The number of alkyl halides is 2. The van der Waals surface area contributed by atoms with Crippen molar-refractivity contribution in [3.05, 3.63) is 23.8 Å². The zero-order chi connectivity index (χ0) is 15.7. The van der Waals surface area contributed by atoms with Crippen LogP contribution in [-0.2, 0) is 11.3 Å². The molecular formula is C15H24F2N2O2. The van der Waals surface area contributed by atoms with Crippen molar-refractivity contribution in [2.75, 3.05) is 38.7 Å². The van der Waals surface area contributed by atoms with Gasteiger partial charge in [0, 0.05) is 38.4 Å². The smallest absolute Gasteiger partial charge is 0.387 e. The van der Waals surface area contributed by atoms with Gasteiger partial charge in [0.25, 0.3) is 0 Å². The quantitative estimate of drug-likeness (QED) is 0.906. The number of ether oxygens (including phenoxy) is 2. The van der Waals surface area contributed by atoms with Crippen molar-refractivity contribution in [1.82, 2.24) is 4.90 Å². The van der Waals surface area contributed by atoms with Crippen LogP contribution in [-0.4, -0.2) is 44.9 Å². The number of hydrogen-bond donors (Lipinski definition) is 1. The molecule has 0 atom stereocenters. The summed E-state index contributed by atoms with van der Waals surface area (Å²) in [7, 11) is 1.75. The summed E-state index contributed by atoms with van der Waals surface area (Å²) in [6.07, 6.45) is 0. The van der Waals surface area contributed by atoms with Gasteiger partial charge in [-0.1, -0.05) is 13.8 Å². The first-order valence-corrected chi connectivity index (χ1v) is 7.24. The molecule has 1 saturated heterocycles. The number of hydrogen-bond acceptors (Lipinski definition) is 4. The van der Waals surface area contributed by atoms with E-state index < -0.39 is 6.61 Å². The summed E-state index contributed by atoms with van der Waals surface area (Å²) in [5, 5.41) is 2.95. The minimum atomic E-state index is -2.80. The molecule has 0 saturated carbocycles. The minimum absolute atomic E-state index is 0.185. The average Bonchev–Trinajstić information content (AvgIpc) is 2.49. The van der Waals surface area contributed by atoms with Crippen LogP contribution < -0.4 is 10.1 Å². The van der Waals surface area contributed by atoms with Gasteiger partial charge in [-0.05, 0) is 17.7 Å². The molecule has 1 N–H and O–H groups in total. The summed E-state index contributed by atoms with van der Waals surface area (Å²) in [6, 6.07) is 5.16. The molecular weight excluding hydrogens is 278 g/mol. The maximum Gasteiger partial charge on any atom is 0.387 e. The van der Waals surface area contributed by atoms with E-state index in [1.54, 1.807) is 19.2 Å². The molecule has 1 aliphatic rings. The predicted molar refractivity (Wildman–Crippen MR) is 80.1 cm³/mol. The predicted octanol–water partition coefficient (Wildman–Crippen LogP) is 3.19. The topological polar surface area (TPSA) is 33.7 Å². The fourth-order valence-electron chi connectivity index (χ4n) is 2.08. The number of nitrogens with zero attached hydrogens (tertiary/aromatic N) is 1. The van der Waals surface area contributed by atoms with E-state index in [4.69, 9.17) is 4.74 Å². The molecule has 0 amide bonds. The van der Waals surface area contributed by atoms with Crippen LogP contribution in [0.5, 0.6) is 5.75 Å². The van der Waals surface area contributed by atoms with Crippen molar-refractivity contribution in [2.45, 2.75) is 27.0 Å². The molecule has 1 heterocycles. The first-order chi connectivity index (χ1) is 10.2. The Morgan fingerprint density at radius 1 is 1.24 bits per heavy atom. The van der Waals surface area contributed by atoms with Crippen LogP contribution in [0.25, 0.3) is 0 Å². The van der Waals surface area contributed by atoms with E-state index in [0.717, 1.165) is 24.3 Å². The lowest BCUT2D eigenvalue weighted by molar-refractivity contribution is -0.0498. The van der Waals surface area contributed by atoms with Gasteiger partial charge in [-0.15, -0.1) is 0 Å². The number of benzene rings is 1. The highest BCUT2D eigenvalue weighted by molar-refractivity contribution is 5.50. The number of morpholine rings is 1. The molecule has 1 fully saturated rings. The molecule has 2 rings (SSSR count). The van der Waals surface area contributed by atoms with Gasteiger partial charge in [0.1, 0.15) is 5.75 Å². The Bertz CT molecular complexity index is 411. The molecule has 4 nitrogen and oxygen atoms in total. The normalized spacial score (nSPS) is 15.3. The molecule has 21 heavy (non-hydrogen) atoms. The monoisotopic (exact) mass is 302 g/mol. The lowest BCUT2D eigenvalue weighted by atomic mass is 10.1. The Kier molecular flexibility index (Phi) is 8.00. The molecule has 120 valence electrons. The number of anilines is 1. The van der Waals surface area contributed by atoms with E-state index in [1.807, 2.05) is 19.9 Å². The molecule has 0 bridgehead atoms. The molecule has 0 spiro atoms. The van der Waals surface area contributed by atoms with Crippen LogP contribution in [0.1, 0.15) is 19.4 Å². The average molecular weight is 302 g/mol. The second-order valence-corrected chi connectivity index (χ2v) is 4.38. The van der Waals surface area contributed by atoms with E-state index in [9.17, 15) is 8.78 Å². The van der Waals surface area contributed by atoms with Gasteiger partial charge in [-0.25, -0.2) is 0 Å². The summed E-state index contributed by atoms with van der Waals surface area (Å²) in [4.78, 5) is 2.23. The van der Waals surface area contributed by atoms with Gasteiger partial charge in [0.2, 0.25) is 0 Å². The third kappa shape index (κ3) is 6.27. The Hall–Kier alpha value is -1.40. The Morgan fingerprint density at radius 2 is 1.90 bits per heavy atom. The summed E-state index contributed by atoms with van der Waals surface area (Å²) in [5.41, 5.74) is 1.71. The molecule has 1 aromatic rings. The van der Waals surface area contributed by atoms with Crippen molar-refractivity contribution in [2.24, 2.45) is 0 Å². The fourth-order valence-corrected chi connectivity index (χ4v) is 2.08. The standard InChI is InChI=1S/C13H18F2N2O2.C2H6/c1-16-11-6-10(7-12(8-11)19-13(14)15)9-17-2-4-18-5-3-17;1-2/h6-8,13,16H,2-5,9H2,1H3;1-2H3. The van der Waals surface area contributed by atoms with Crippen LogP contribution in [0.15, 0.2) is 18.2 Å². The lowest BCUT2D eigenvalue weighted by Gasteiger charge is -2.26. The van der Waals surface area contributed by atoms with E-state index >= 15 is 0 Å². The summed E-state index contributed by atoms with van der Waals surface area (Å²) < 4.78 is 34.3. The Labute approximate surface area is 125 Å². The molecule has 1 aliphatic heterocycles. The third-order valence-corrected chi connectivity index (χ3v) is 2.99. The second kappa shape index (κ2) is 9.52. The Morgan fingerprint density at radius 3 is 2.48 bits per heavy atom. The first-order valence-electron chi connectivity index (χ1n) is 7.24. The fraction of sp³-hybridized carbons (Fsp3) is 0.600. The molecule has 1 aromatic carbocycles. The van der Waals surface area contributed by atoms with Gasteiger partial charge in [-0.3, -0.25) is 4.90 Å². The second-order valence-electron chi connectivity index (χ2n) is 4.38. The highest BCUT2D eigenvalue weighted by Crippen LogP contribution is 2.23. The van der Waals surface area contributed by atoms with Crippen molar-refractivity contribution in [3.8, 4) is 5.75 Å². The van der Waals surface area contributed by atoms with Crippen LogP contribution in [0.3, 0.4) is 0 Å². The summed E-state index contributed by atoms with van der Waals surface area (Å²) >= 11 is 0. The minimum Gasteiger partial charge on any atom is -0.435 e. The highest BCUT2D eigenvalue weighted by atomic mass is 19.3. The SMILES string of the molecule is CC.CNc1cc(CN2CCOCC2)cc(OC(F)F)c1. The molecule has 0 aromatic heterocycles. The van der Waals surface area contributed by atoms with Crippen molar-refractivity contribution < 1.29 is 18.3 Å². The first kappa shape index (κ1) is 17.7. The van der Waals surface area contributed by atoms with Gasteiger partial charge >= 0.3 is 6.61 Å². The largest absolute Gasteiger partial charge is 0.435 e. The van der Waals surface area contributed by atoms with Crippen molar-refractivity contribution >= 4 is 5.69 Å².